The normalized spacial score (nSPS) is 17.7. The number of likely N-dealkylation sites (N-methyl/N-ethyl adjacent to an activating group) is 1. The Morgan fingerprint density at radius 3 is 2.62 bits per heavy atom. The summed E-state index contributed by atoms with van der Waals surface area (Å²) in [5.41, 5.74) is 1.23. The van der Waals surface area contributed by atoms with Crippen LogP contribution < -0.4 is 9.47 Å². The van der Waals surface area contributed by atoms with Crippen molar-refractivity contribution in [1.82, 2.24) is 4.90 Å². The number of carbonyl (C=O) groups excluding carboxylic acids is 2. The highest BCUT2D eigenvalue weighted by Gasteiger charge is 2.30. The second-order valence-corrected chi connectivity index (χ2v) is 3.80. The van der Waals surface area contributed by atoms with Crippen molar-refractivity contribution in [2.24, 2.45) is 0 Å². The Morgan fingerprint density at radius 2 is 1.88 bits per heavy atom. The zero-order valence-corrected chi connectivity index (χ0v) is 8.65. The smallest absolute Gasteiger partial charge is 0.260 e. The molecule has 0 fully saturated rings. The minimum absolute atomic E-state index is 0.163. The van der Waals surface area contributed by atoms with E-state index in [4.69, 9.17) is 9.47 Å². The van der Waals surface area contributed by atoms with E-state index in [-0.39, 0.29) is 25.0 Å². The molecule has 2 aliphatic rings. The molecule has 0 atom stereocenters. The first kappa shape index (κ1) is 9.21. The minimum Gasteiger partial charge on any atom is -0.454 e. The highest BCUT2D eigenvalue weighted by Crippen LogP contribution is 2.36. The number of nitrogens with zero attached hydrogens (tertiary/aromatic N) is 1. The first-order chi connectivity index (χ1) is 7.66. The molecule has 0 saturated carbocycles. The third kappa shape index (κ3) is 1.11. The minimum atomic E-state index is -0.287. The van der Waals surface area contributed by atoms with Crippen molar-refractivity contribution >= 4 is 11.8 Å². The van der Waals surface area contributed by atoms with Crippen LogP contribution >= 0.6 is 0 Å². The van der Waals surface area contributed by atoms with E-state index in [1.807, 2.05) is 0 Å². The van der Waals surface area contributed by atoms with Gasteiger partial charge in [-0.1, -0.05) is 0 Å². The first-order valence-electron chi connectivity index (χ1n) is 4.90. The fourth-order valence-corrected chi connectivity index (χ4v) is 1.90. The number of amides is 2. The quantitative estimate of drug-likeness (QED) is 0.598. The summed E-state index contributed by atoms with van der Waals surface area (Å²) in [5, 5.41) is 0. The van der Waals surface area contributed by atoms with Crippen molar-refractivity contribution < 1.29 is 19.1 Å². The van der Waals surface area contributed by atoms with Crippen LogP contribution in [-0.2, 0) is 11.2 Å². The largest absolute Gasteiger partial charge is 0.454 e. The molecule has 0 bridgehead atoms. The molecule has 0 unspecified atom stereocenters. The third-order valence-electron chi connectivity index (χ3n) is 2.85. The second-order valence-electron chi connectivity index (χ2n) is 3.80. The molecule has 3 rings (SSSR count). The molecular formula is C11H9NO4. The lowest BCUT2D eigenvalue weighted by Gasteiger charge is -2.23. The molecule has 82 valence electrons. The summed E-state index contributed by atoms with van der Waals surface area (Å²) in [5.74, 6) is 0.680. The van der Waals surface area contributed by atoms with Gasteiger partial charge >= 0.3 is 0 Å². The summed E-state index contributed by atoms with van der Waals surface area (Å²) >= 11 is 0. The number of fused-ring (bicyclic) bond motifs is 2. The Hall–Kier alpha value is -2.04. The SMILES string of the molecule is CN1C(=O)Cc2cc3c(cc2C1=O)OCO3. The second kappa shape index (κ2) is 2.98. The van der Waals surface area contributed by atoms with Gasteiger partial charge < -0.3 is 9.47 Å². The predicted molar refractivity (Wildman–Crippen MR) is 53.4 cm³/mol. The van der Waals surface area contributed by atoms with Gasteiger partial charge in [0.05, 0.1) is 6.42 Å². The van der Waals surface area contributed by atoms with Gasteiger partial charge in [-0.15, -0.1) is 0 Å². The molecule has 2 heterocycles. The molecule has 1 aromatic carbocycles. The van der Waals surface area contributed by atoms with Crippen molar-refractivity contribution in [3.63, 3.8) is 0 Å². The van der Waals surface area contributed by atoms with Crippen LogP contribution in [0.25, 0.3) is 0 Å². The van der Waals surface area contributed by atoms with Gasteiger partial charge in [0.1, 0.15) is 0 Å². The van der Waals surface area contributed by atoms with Gasteiger partial charge in [-0.05, 0) is 17.7 Å². The van der Waals surface area contributed by atoms with E-state index in [0.717, 1.165) is 4.90 Å². The van der Waals surface area contributed by atoms with Crippen molar-refractivity contribution in [3.8, 4) is 11.5 Å². The lowest BCUT2D eigenvalue weighted by molar-refractivity contribution is -0.127. The Morgan fingerprint density at radius 1 is 1.19 bits per heavy atom. The van der Waals surface area contributed by atoms with E-state index in [0.29, 0.717) is 22.6 Å². The summed E-state index contributed by atoms with van der Waals surface area (Å²) in [6.45, 7) is 0.163. The van der Waals surface area contributed by atoms with Gasteiger partial charge in [0.25, 0.3) is 5.91 Å². The van der Waals surface area contributed by atoms with Crippen LogP contribution in [0, 0.1) is 0 Å². The van der Waals surface area contributed by atoms with Crippen molar-refractivity contribution in [1.29, 1.82) is 0 Å². The summed E-state index contributed by atoms with van der Waals surface area (Å²) < 4.78 is 10.4. The zero-order chi connectivity index (χ0) is 11.3. The van der Waals surface area contributed by atoms with Crippen LogP contribution in [0.5, 0.6) is 11.5 Å². The van der Waals surface area contributed by atoms with E-state index >= 15 is 0 Å². The predicted octanol–water partition coefficient (Wildman–Crippen LogP) is 0.570. The molecule has 16 heavy (non-hydrogen) atoms. The first-order valence-corrected chi connectivity index (χ1v) is 4.90. The lowest BCUT2D eigenvalue weighted by Crippen LogP contribution is -2.39. The number of carbonyl (C=O) groups is 2. The standard InChI is InChI=1S/C11H9NO4/c1-12-10(13)3-6-2-8-9(16-5-15-8)4-7(6)11(12)14/h2,4H,3,5H2,1H3. The zero-order valence-electron chi connectivity index (χ0n) is 8.65. The van der Waals surface area contributed by atoms with E-state index < -0.39 is 0 Å². The van der Waals surface area contributed by atoms with Crippen LogP contribution in [0.15, 0.2) is 12.1 Å². The lowest BCUT2D eigenvalue weighted by atomic mass is 9.98. The Bertz CT molecular complexity index is 509. The van der Waals surface area contributed by atoms with E-state index in [1.54, 1.807) is 12.1 Å². The monoisotopic (exact) mass is 219 g/mol. The van der Waals surface area contributed by atoms with Gasteiger partial charge in [0, 0.05) is 12.6 Å². The number of imide groups is 1. The van der Waals surface area contributed by atoms with Gasteiger partial charge in [-0.25, -0.2) is 0 Å². The van der Waals surface area contributed by atoms with Crippen LogP contribution in [0.3, 0.4) is 0 Å². The van der Waals surface area contributed by atoms with E-state index in [2.05, 4.69) is 0 Å². The molecule has 0 saturated heterocycles. The average Bonchev–Trinajstić information content (AvgIpc) is 2.71. The molecule has 0 spiro atoms. The summed E-state index contributed by atoms with van der Waals surface area (Å²) in [6.07, 6.45) is 0.230. The van der Waals surface area contributed by atoms with Gasteiger partial charge in [0.15, 0.2) is 11.5 Å². The molecule has 5 nitrogen and oxygen atoms in total. The molecule has 0 aromatic heterocycles. The Labute approximate surface area is 91.6 Å². The van der Waals surface area contributed by atoms with Crippen molar-refractivity contribution in [2.75, 3.05) is 13.8 Å². The highest BCUT2D eigenvalue weighted by atomic mass is 16.7. The highest BCUT2D eigenvalue weighted by molar-refractivity contribution is 6.09. The fourth-order valence-electron chi connectivity index (χ4n) is 1.90. The molecule has 0 radical (unpaired) electrons. The molecule has 5 heteroatoms. The Balaban J connectivity index is 2.16. The maximum Gasteiger partial charge on any atom is 0.260 e. The molecule has 0 aliphatic carbocycles. The topological polar surface area (TPSA) is 55.8 Å². The number of rotatable bonds is 0. The number of ether oxygens (including phenoxy) is 2. The maximum absolute atomic E-state index is 11.8. The molecule has 1 aromatic rings. The maximum atomic E-state index is 11.8. The van der Waals surface area contributed by atoms with Gasteiger partial charge in [-0.2, -0.15) is 0 Å². The summed E-state index contributed by atoms with van der Waals surface area (Å²) in [4.78, 5) is 24.5. The van der Waals surface area contributed by atoms with Crippen LogP contribution in [0.2, 0.25) is 0 Å². The number of benzene rings is 1. The summed E-state index contributed by atoms with van der Waals surface area (Å²) in [7, 11) is 1.48. The van der Waals surface area contributed by atoms with Crippen LogP contribution in [0.4, 0.5) is 0 Å². The number of hydrogen-bond acceptors (Lipinski definition) is 4. The van der Waals surface area contributed by atoms with Crippen molar-refractivity contribution in [2.45, 2.75) is 6.42 Å². The number of hydrogen-bond donors (Lipinski definition) is 0. The molecular weight excluding hydrogens is 210 g/mol. The Kier molecular flexibility index (Phi) is 1.71. The average molecular weight is 219 g/mol. The molecule has 2 aliphatic heterocycles. The molecule has 0 N–H and O–H groups in total. The van der Waals surface area contributed by atoms with E-state index in [9.17, 15) is 9.59 Å². The van der Waals surface area contributed by atoms with Crippen molar-refractivity contribution in [3.05, 3.63) is 23.3 Å². The van der Waals surface area contributed by atoms with Crippen LogP contribution in [0.1, 0.15) is 15.9 Å². The summed E-state index contributed by atoms with van der Waals surface area (Å²) in [6, 6.07) is 3.35. The molecule has 2 amide bonds. The van der Waals surface area contributed by atoms with Crippen LogP contribution in [-0.4, -0.2) is 30.6 Å². The van der Waals surface area contributed by atoms with E-state index in [1.165, 1.54) is 7.05 Å². The van der Waals surface area contributed by atoms with Gasteiger partial charge in [-0.3, -0.25) is 14.5 Å². The van der Waals surface area contributed by atoms with Gasteiger partial charge in [0.2, 0.25) is 12.7 Å². The third-order valence-corrected chi connectivity index (χ3v) is 2.85. The fraction of sp³-hybridized carbons (Fsp3) is 0.273.